The van der Waals surface area contributed by atoms with Gasteiger partial charge < -0.3 is 15.4 Å². The van der Waals surface area contributed by atoms with Crippen molar-refractivity contribution < 1.29 is 19.1 Å². The molecule has 5 nitrogen and oxygen atoms in total. The second kappa shape index (κ2) is 8.60. The number of nitrogens with one attached hydrogen (secondary N) is 2. The van der Waals surface area contributed by atoms with Crippen LogP contribution in [-0.4, -0.2) is 28.0 Å². The lowest BCUT2D eigenvalue weighted by Crippen LogP contribution is -2.38. The molecular weight excluding hydrogens is 431 g/mol. The Balaban J connectivity index is 1.52. The molecule has 0 bridgehead atoms. The van der Waals surface area contributed by atoms with E-state index < -0.39 is 12.0 Å². The highest BCUT2D eigenvalue weighted by Crippen LogP contribution is 2.44. The van der Waals surface area contributed by atoms with Crippen LogP contribution < -0.4 is 5.32 Å². The van der Waals surface area contributed by atoms with Crippen molar-refractivity contribution in [1.82, 2.24) is 10.3 Å². The maximum Gasteiger partial charge on any atom is 0.333 e. The summed E-state index contributed by atoms with van der Waals surface area (Å²) >= 11 is 0. The molecule has 0 saturated heterocycles. The standard InChI is InChI=1S/C28H27FN2O3/c1-3-4-5-16-6-8-17(9-7-16)19-10-11-20-22-12-18-13-23(28(33)34)24(30-15(2)32)14-21(18)26(22)31-27(20)25(19)29/h6-11,13,24,31H,3-5,12,14H2,1-2H3,(H,30,32)(H,33,34). The fourth-order valence-electron chi connectivity index (χ4n) is 5.20. The van der Waals surface area contributed by atoms with Gasteiger partial charge >= 0.3 is 5.97 Å². The number of amides is 1. The number of rotatable bonds is 6. The molecule has 6 heteroatoms. The van der Waals surface area contributed by atoms with Crippen LogP contribution in [0.15, 0.2) is 53.6 Å². The van der Waals surface area contributed by atoms with Gasteiger partial charge in [-0.2, -0.15) is 0 Å². The SMILES string of the molecule is CCCCc1ccc(-c2ccc3c4c([nH]c3c2F)C2=C(C=C(C(=O)O)C(NC(C)=O)C2)C4)cc1. The number of carboxylic acids is 1. The van der Waals surface area contributed by atoms with E-state index >= 15 is 4.39 Å². The van der Waals surface area contributed by atoms with E-state index in [-0.39, 0.29) is 17.3 Å². The molecule has 1 amide bonds. The number of aromatic nitrogens is 1. The predicted octanol–water partition coefficient (Wildman–Crippen LogP) is 5.55. The van der Waals surface area contributed by atoms with E-state index in [9.17, 15) is 14.7 Å². The van der Waals surface area contributed by atoms with Crippen molar-refractivity contribution in [2.24, 2.45) is 0 Å². The van der Waals surface area contributed by atoms with E-state index in [1.807, 2.05) is 24.3 Å². The molecule has 0 fully saturated rings. The zero-order valence-electron chi connectivity index (χ0n) is 19.3. The van der Waals surface area contributed by atoms with Crippen molar-refractivity contribution in [3.63, 3.8) is 0 Å². The number of aliphatic carboxylic acids is 1. The molecule has 1 heterocycles. The molecule has 3 N–H and O–H groups in total. The summed E-state index contributed by atoms with van der Waals surface area (Å²) in [4.78, 5) is 26.7. The third-order valence-corrected chi connectivity index (χ3v) is 6.90. The molecule has 2 aliphatic rings. The first-order valence-corrected chi connectivity index (χ1v) is 11.7. The quantitative estimate of drug-likeness (QED) is 0.453. The largest absolute Gasteiger partial charge is 0.478 e. The van der Waals surface area contributed by atoms with E-state index in [4.69, 9.17) is 0 Å². The third kappa shape index (κ3) is 3.73. The molecule has 1 unspecified atom stereocenters. The van der Waals surface area contributed by atoms with Crippen LogP contribution in [0.4, 0.5) is 4.39 Å². The maximum absolute atomic E-state index is 15.7. The number of aryl methyl sites for hydroxylation is 1. The first-order valence-electron chi connectivity index (χ1n) is 11.7. The number of hydrogen-bond acceptors (Lipinski definition) is 2. The van der Waals surface area contributed by atoms with Crippen molar-refractivity contribution in [2.75, 3.05) is 0 Å². The molecule has 1 aromatic heterocycles. The highest BCUT2D eigenvalue weighted by Gasteiger charge is 2.34. The van der Waals surface area contributed by atoms with Gasteiger partial charge in [-0.1, -0.05) is 49.7 Å². The first-order chi connectivity index (χ1) is 16.4. The number of carbonyl (C=O) groups excluding carboxylic acids is 1. The van der Waals surface area contributed by atoms with Crippen molar-refractivity contribution in [2.45, 2.75) is 52.0 Å². The van der Waals surface area contributed by atoms with Gasteiger partial charge in [0.05, 0.1) is 17.1 Å². The van der Waals surface area contributed by atoms with Gasteiger partial charge in [0, 0.05) is 30.0 Å². The highest BCUT2D eigenvalue weighted by molar-refractivity contribution is 5.99. The summed E-state index contributed by atoms with van der Waals surface area (Å²) in [7, 11) is 0. The Morgan fingerprint density at radius 2 is 1.94 bits per heavy atom. The lowest BCUT2D eigenvalue weighted by Gasteiger charge is -2.24. The molecule has 0 spiro atoms. The summed E-state index contributed by atoms with van der Waals surface area (Å²) in [5.74, 6) is -1.61. The number of aromatic amines is 1. The van der Waals surface area contributed by atoms with Gasteiger partial charge in [0.25, 0.3) is 0 Å². The van der Waals surface area contributed by atoms with Crippen LogP contribution in [0.5, 0.6) is 0 Å². The number of H-pyrrole nitrogens is 1. The van der Waals surface area contributed by atoms with E-state index in [0.717, 1.165) is 52.6 Å². The molecule has 0 aliphatic heterocycles. The van der Waals surface area contributed by atoms with Gasteiger partial charge in [-0.15, -0.1) is 0 Å². The van der Waals surface area contributed by atoms with E-state index in [0.29, 0.717) is 23.9 Å². The summed E-state index contributed by atoms with van der Waals surface area (Å²) in [6, 6.07) is 11.2. The topological polar surface area (TPSA) is 82.2 Å². The highest BCUT2D eigenvalue weighted by atomic mass is 19.1. The zero-order chi connectivity index (χ0) is 24.0. The molecular formula is C28H27FN2O3. The van der Waals surface area contributed by atoms with Gasteiger partial charge in [0.1, 0.15) is 0 Å². The lowest BCUT2D eigenvalue weighted by molar-refractivity contribution is -0.133. The molecule has 1 atom stereocenters. The number of allylic oxidation sites excluding steroid dienone is 2. The zero-order valence-corrected chi connectivity index (χ0v) is 19.3. The fourth-order valence-corrected chi connectivity index (χ4v) is 5.20. The van der Waals surface area contributed by atoms with Crippen LogP contribution in [0.2, 0.25) is 0 Å². The minimum atomic E-state index is -1.04. The molecule has 2 aliphatic carbocycles. The van der Waals surface area contributed by atoms with Crippen molar-refractivity contribution in [3.8, 4) is 11.1 Å². The Hall–Kier alpha value is -3.67. The normalized spacial score (nSPS) is 16.9. The van der Waals surface area contributed by atoms with Crippen LogP contribution in [0.25, 0.3) is 27.6 Å². The second-order valence-corrected chi connectivity index (χ2v) is 9.17. The van der Waals surface area contributed by atoms with E-state index in [2.05, 4.69) is 29.4 Å². The number of unbranched alkanes of at least 4 members (excludes halogenated alkanes) is 1. The van der Waals surface area contributed by atoms with Crippen molar-refractivity contribution in [1.29, 1.82) is 0 Å². The summed E-state index contributed by atoms with van der Waals surface area (Å²) in [6.45, 7) is 3.54. The fraction of sp³-hybridized carbons (Fsp3) is 0.286. The Labute approximate surface area is 197 Å². The van der Waals surface area contributed by atoms with Crippen LogP contribution in [0, 0.1) is 5.82 Å². The number of carbonyl (C=O) groups is 2. The Morgan fingerprint density at radius 1 is 1.18 bits per heavy atom. The third-order valence-electron chi connectivity index (χ3n) is 6.90. The predicted molar refractivity (Wildman–Crippen MR) is 131 cm³/mol. The van der Waals surface area contributed by atoms with Crippen molar-refractivity contribution >= 4 is 28.4 Å². The number of carboxylic acid groups (broad SMARTS) is 1. The Kier molecular flexibility index (Phi) is 5.60. The summed E-state index contributed by atoms with van der Waals surface area (Å²) in [6.07, 6.45) is 5.86. The van der Waals surface area contributed by atoms with Crippen LogP contribution in [0.1, 0.15) is 49.9 Å². The number of hydrogen-bond donors (Lipinski definition) is 3. The van der Waals surface area contributed by atoms with E-state index in [1.165, 1.54) is 12.5 Å². The van der Waals surface area contributed by atoms with Crippen LogP contribution in [-0.2, 0) is 22.4 Å². The van der Waals surface area contributed by atoms with E-state index in [1.54, 1.807) is 6.08 Å². The van der Waals surface area contributed by atoms with Gasteiger partial charge in [-0.05, 0) is 53.2 Å². The van der Waals surface area contributed by atoms with Crippen LogP contribution >= 0.6 is 0 Å². The molecule has 34 heavy (non-hydrogen) atoms. The summed E-state index contributed by atoms with van der Waals surface area (Å²) < 4.78 is 15.7. The van der Waals surface area contributed by atoms with Gasteiger partial charge in [0.2, 0.25) is 5.91 Å². The van der Waals surface area contributed by atoms with Gasteiger partial charge in [0.15, 0.2) is 5.82 Å². The molecule has 0 radical (unpaired) electrons. The Bertz CT molecular complexity index is 1380. The summed E-state index contributed by atoms with van der Waals surface area (Å²) in [5.41, 5.74) is 6.96. The molecule has 3 aromatic rings. The maximum atomic E-state index is 15.7. The first kappa shape index (κ1) is 22.1. The lowest BCUT2D eigenvalue weighted by atomic mass is 9.89. The smallest absolute Gasteiger partial charge is 0.333 e. The number of benzene rings is 2. The van der Waals surface area contributed by atoms with Crippen LogP contribution in [0.3, 0.4) is 0 Å². The average Bonchev–Trinajstić information content (AvgIpc) is 3.34. The minimum Gasteiger partial charge on any atom is -0.478 e. The second-order valence-electron chi connectivity index (χ2n) is 9.17. The molecule has 0 saturated carbocycles. The van der Waals surface area contributed by atoms with Crippen molar-refractivity contribution in [3.05, 3.63) is 76.3 Å². The monoisotopic (exact) mass is 458 g/mol. The molecule has 2 aromatic carbocycles. The molecule has 174 valence electrons. The number of fused-ring (bicyclic) bond motifs is 4. The minimum absolute atomic E-state index is 0.180. The van der Waals surface area contributed by atoms with Gasteiger partial charge in [-0.3, -0.25) is 4.79 Å². The average molecular weight is 459 g/mol. The summed E-state index contributed by atoms with van der Waals surface area (Å²) in [5, 5.41) is 13.2. The molecule has 5 rings (SSSR count). The number of halogens is 1. The van der Waals surface area contributed by atoms with Gasteiger partial charge in [-0.25, -0.2) is 9.18 Å². The Morgan fingerprint density at radius 3 is 2.62 bits per heavy atom.